The van der Waals surface area contributed by atoms with Crippen molar-refractivity contribution in [3.8, 4) is 0 Å². The Morgan fingerprint density at radius 2 is 2.06 bits per heavy atom. The Morgan fingerprint density at radius 1 is 1.44 bits per heavy atom. The standard InChI is InChI=1S/C14H19FN2O/c1-10(14(18)16-2)17(13-7-8-13)9-11-3-5-12(15)6-4-11/h3-6,10,13H,7-9H2,1-2H3,(H,16,18)/p+1/t10-/m1/s1. The molecule has 4 heteroatoms. The van der Waals surface area contributed by atoms with Gasteiger partial charge >= 0.3 is 0 Å². The monoisotopic (exact) mass is 251 g/mol. The number of benzene rings is 1. The molecule has 18 heavy (non-hydrogen) atoms. The molecule has 0 aliphatic heterocycles. The van der Waals surface area contributed by atoms with E-state index in [-0.39, 0.29) is 17.8 Å². The molecule has 98 valence electrons. The van der Waals surface area contributed by atoms with Gasteiger partial charge in [-0.3, -0.25) is 4.79 Å². The van der Waals surface area contributed by atoms with Crippen molar-refractivity contribution in [1.29, 1.82) is 0 Å². The van der Waals surface area contributed by atoms with Gasteiger partial charge in [0, 0.05) is 25.5 Å². The van der Waals surface area contributed by atoms with Crippen LogP contribution in [0.15, 0.2) is 24.3 Å². The summed E-state index contributed by atoms with van der Waals surface area (Å²) >= 11 is 0. The van der Waals surface area contributed by atoms with Gasteiger partial charge in [-0.1, -0.05) is 12.1 Å². The van der Waals surface area contributed by atoms with E-state index in [1.807, 2.05) is 6.92 Å². The van der Waals surface area contributed by atoms with Crippen LogP contribution in [-0.2, 0) is 11.3 Å². The number of carbonyl (C=O) groups excluding carboxylic acids is 1. The number of likely N-dealkylation sites (N-methyl/N-ethyl adjacent to an activating group) is 1. The second-order valence-electron chi connectivity index (χ2n) is 4.99. The lowest BCUT2D eigenvalue weighted by Gasteiger charge is -2.25. The molecule has 1 aromatic carbocycles. The topological polar surface area (TPSA) is 33.5 Å². The zero-order valence-corrected chi connectivity index (χ0v) is 10.9. The van der Waals surface area contributed by atoms with Crippen molar-refractivity contribution in [1.82, 2.24) is 5.32 Å². The summed E-state index contributed by atoms with van der Waals surface area (Å²) in [6, 6.07) is 7.06. The molecule has 0 spiro atoms. The van der Waals surface area contributed by atoms with Gasteiger partial charge in [-0.15, -0.1) is 0 Å². The molecule has 1 saturated carbocycles. The van der Waals surface area contributed by atoms with Crippen LogP contribution in [-0.4, -0.2) is 25.0 Å². The Balaban J connectivity index is 2.06. The van der Waals surface area contributed by atoms with Crippen LogP contribution in [0.25, 0.3) is 0 Å². The third kappa shape index (κ3) is 3.07. The summed E-state index contributed by atoms with van der Waals surface area (Å²) in [4.78, 5) is 13.0. The first-order chi connectivity index (χ1) is 8.61. The normalized spacial score (nSPS) is 18.2. The minimum absolute atomic E-state index is 0.0625. The van der Waals surface area contributed by atoms with E-state index in [1.54, 1.807) is 19.2 Å². The van der Waals surface area contributed by atoms with Crippen molar-refractivity contribution < 1.29 is 14.1 Å². The first kappa shape index (κ1) is 13.0. The van der Waals surface area contributed by atoms with Crippen molar-refractivity contribution in [3.63, 3.8) is 0 Å². The van der Waals surface area contributed by atoms with Gasteiger partial charge in [0.1, 0.15) is 12.4 Å². The molecule has 1 amide bonds. The molecular formula is C14H20FN2O+. The molecule has 0 bridgehead atoms. The molecule has 3 nitrogen and oxygen atoms in total. The highest BCUT2D eigenvalue weighted by molar-refractivity contribution is 5.79. The minimum atomic E-state index is -0.217. The molecule has 2 rings (SSSR count). The van der Waals surface area contributed by atoms with E-state index < -0.39 is 0 Å². The molecule has 0 heterocycles. The van der Waals surface area contributed by atoms with Gasteiger partial charge in [0.2, 0.25) is 0 Å². The number of quaternary nitrogens is 1. The van der Waals surface area contributed by atoms with E-state index in [4.69, 9.17) is 0 Å². The number of hydrogen-bond donors (Lipinski definition) is 2. The lowest BCUT2D eigenvalue weighted by atomic mass is 10.1. The summed E-state index contributed by atoms with van der Waals surface area (Å²) in [5.74, 6) is -0.148. The van der Waals surface area contributed by atoms with Gasteiger partial charge in [0.25, 0.3) is 5.91 Å². The van der Waals surface area contributed by atoms with Gasteiger partial charge in [-0.2, -0.15) is 0 Å². The Labute approximate surface area is 107 Å². The van der Waals surface area contributed by atoms with Gasteiger partial charge in [0.05, 0.1) is 6.04 Å². The predicted octanol–water partition coefficient (Wildman–Crippen LogP) is 0.508. The highest BCUT2D eigenvalue weighted by Crippen LogP contribution is 2.16. The van der Waals surface area contributed by atoms with E-state index in [0.717, 1.165) is 12.1 Å². The molecule has 1 aliphatic carbocycles. The molecule has 1 fully saturated rings. The van der Waals surface area contributed by atoms with Crippen LogP contribution in [0.3, 0.4) is 0 Å². The summed E-state index contributed by atoms with van der Waals surface area (Å²) in [6.07, 6.45) is 2.36. The first-order valence-electron chi connectivity index (χ1n) is 6.43. The van der Waals surface area contributed by atoms with E-state index in [1.165, 1.54) is 29.9 Å². The number of rotatable bonds is 5. The molecule has 0 saturated heterocycles. The van der Waals surface area contributed by atoms with Crippen LogP contribution < -0.4 is 10.2 Å². The van der Waals surface area contributed by atoms with Crippen LogP contribution in [0.1, 0.15) is 25.3 Å². The fourth-order valence-corrected chi connectivity index (χ4v) is 2.33. The third-order valence-corrected chi connectivity index (χ3v) is 3.62. The Hall–Kier alpha value is -1.42. The van der Waals surface area contributed by atoms with E-state index in [0.29, 0.717) is 6.04 Å². The van der Waals surface area contributed by atoms with Gasteiger partial charge in [0.15, 0.2) is 6.04 Å². The third-order valence-electron chi connectivity index (χ3n) is 3.62. The highest BCUT2D eigenvalue weighted by atomic mass is 19.1. The van der Waals surface area contributed by atoms with Gasteiger partial charge in [-0.05, 0) is 19.1 Å². The fourth-order valence-electron chi connectivity index (χ4n) is 2.33. The van der Waals surface area contributed by atoms with E-state index in [2.05, 4.69) is 5.32 Å². The van der Waals surface area contributed by atoms with Crippen molar-refractivity contribution in [2.75, 3.05) is 7.05 Å². The van der Waals surface area contributed by atoms with Crippen molar-refractivity contribution in [2.24, 2.45) is 0 Å². The summed E-state index contributed by atoms with van der Waals surface area (Å²) < 4.78 is 12.9. The first-order valence-corrected chi connectivity index (χ1v) is 6.43. The molecular weight excluding hydrogens is 231 g/mol. The number of hydrogen-bond acceptors (Lipinski definition) is 1. The summed E-state index contributed by atoms with van der Waals surface area (Å²) in [5, 5.41) is 2.70. The van der Waals surface area contributed by atoms with Crippen molar-refractivity contribution in [2.45, 2.75) is 38.4 Å². The second-order valence-corrected chi connectivity index (χ2v) is 4.99. The van der Waals surface area contributed by atoms with Crippen LogP contribution in [0.2, 0.25) is 0 Å². The fraction of sp³-hybridized carbons (Fsp3) is 0.500. The quantitative estimate of drug-likeness (QED) is 0.785. The molecule has 2 N–H and O–H groups in total. The number of carbonyl (C=O) groups is 1. The van der Waals surface area contributed by atoms with Crippen LogP contribution in [0.4, 0.5) is 4.39 Å². The molecule has 0 radical (unpaired) electrons. The Morgan fingerprint density at radius 3 is 2.56 bits per heavy atom. The maximum Gasteiger partial charge on any atom is 0.277 e. The van der Waals surface area contributed by atoms with Crippen LogP contribution >= 0.6 is 0 Å². The van der Waals surface area contributed by atoms with E-state index >= 15 is 0 Å². The summed E-state index contributed by atoms with van der Waals surface area (Å²) in [5.41, 5.74) is 1.08. The van der Waals surface area contributed by atoms with Crippen molar-refractivity contribution in [3.05, 3.63) is 35.6 Å². The smallest absolute Gasteiger partial charge is 0.277 e. The minimum Gasteiger partial charge on any atom is -0.354 e. The Bertz CT molecular complexity index is 414. The molecule has 2 atom stereocenters. The lowest BCUT2D eigenvalue weighted by Crippen LogP contribution is -3.16. The number of amides is 1. The predicted molar refractivity (Wildman–Crippen MR) is 67.6 cm³/mol. The highest BCUT2D eigenvalue weighted by Gasteiger charge is 2.38. The largest absolute Gasteiger partial charge is 0.354 e. The van der Waals surface area contributed by atoms with Crippen LogP contribution in [0, 0.1) is 5.82 Å². The molecule has 1 aliphatic rings. The second kappa shape index (κ2) is 5.48. The zero-order chi connectivity index (χ0) is 13.1. The zero-order valence-electron chi connectivity index (χ0n) is 10.9. The molecule has 1 unspecified atom stereocenters. The van der Waals surface area contributed by atoms with E-state index in [9.17, 15) is 9.18 Å². The van der Waals surface area contributed by atoms with Crippen LogP contribution in [0.5, 0.6) is 0 Å². The lowest BCUT2D eigenvalue weighted by molar-refractivity contribution is -0.938. The van der Waals surface area contributed by atoms with Gasteiger partial charge < -0.3 is 10.2 Å². The summed E-state index contributed by atoms with van der Waals surface area (Å²) in [6.45, 7) is 2.73. The summed E-state index contributed by atoms with van der Waals surface area (Å²) in [7, 11) is 1.67. The number of nitrogens with one attached hydrogen (secondary N) is 2. The van der Waals surface area contributed by atoms with Gasteiger partial charge in [-0.25, -0.2) is 4.39 Å². The SMILES string of the molecule is CNC(=O)[C@@H](C)[NH+](Cc1ccc(F)cc1)C1CC1. The van der Waals surface area contributed by atoms with Crippen molar-refractivity contribution >= 4 is 5.91 Å². The number of halogens is 1. The maximum atomic E-state index is 12.9. The molecule has 1 aromatic rings. The average molecular weight is 251 g/mol. The average Bonchev–Trinajstić information content (AvgIpc) is 3.20. The molecule has 0 aromatic heterocycles. The maximum absolute atomic E-state index is 12.9. The Kier molecular flexibility index (Phi) is 3.97.